The van der Waals surface area contributed by atoms with Crippen LogP contribution in [-0.4, -0.2) is 47.0 Å². The number of rotatable bonds is 6. The van der Waals surface area contributed by atoms with E-state index in [0.29, 0.717) is 41.6 Å². The van der Waals surface area contributed by atoms with Gasteiger partial charge in [0.05, 0.1) is 30.5 Å². The van der Waals surface area contributed by atoms with E-state index in [4.69, 9.17) is 23.2 Å². The molecular formula is C28H27Cl2N5O2. The van der Waals surface area contributed by atoms with Crippen molar-refractivity contribution >= 4 is 52.4 Å². The predicted molar refractivity (Wildman–Crippen MR) is 148 cm³/mol. The van der Waals surface area contributed by atoms with E-state index in [1.807, 2.05) is 40.1 Å². The largest absolute Gasteiger partial charge is 0.323 e. The van der Waals surface area contributed by atoms with Crippen LogP contribution < -0.4 is 10.2 Å². The molecule has 0 radical (unpaired) electrons. The average molecular weight is 536 g/mol. The third kappa shape index (κ3) is 5.64. The van der Waals surface area contributed by atoms with Crippen LogP contribution in [0.1, 0.15) is 24.5 Å². The van der Waals surface area contributed by atoms with E-state index in [1.54, 1.807) is 18.2 Å². The molecule has 3 aromatic carbocycles. The molecule has 5 rings (SSSR count). The molecule has 2 amide bonds. The number of carbonyl (C=O) groups is 2. The monoisotopic (exact) mass is 535 g/mol. The van der Waals surface area contributed by atoms with Gasteiger partial charge in [-0.05, 0) is 47.9 Å². The van der Waals surface area contributed by atoms with Crippen LogP contribution in [0.3, 0.4) is 0 Å². The molecule has 1 N–H and O–H groups in total. The number of carbonyl (C=O) groups excluding carboxylic acids is 2. The normalized spacial score (nSPS) is 17.9. The van der Waals surface area contributed by atoms with Crippen LogP contribution in [0, 0.1) is 0 Å². The van der Waals surface area contributed by atoms with E-state index >= 15 is 0 Å². The van der Waals surface area contributed by atoms with Gasteiger partial charge >= 0.3 is 0 Å². The summed E-state index contributed by atoms with van der Waals surface area (Å²) in [7, 11) is 0. The lowest BCUT2D eigenvalue weighted by molar-refractivity contribution is -0.127. The molecule has 2 aliphatic rings. The summed E-state index contributed by atoms with van der Waals surface area (Å²) in [5, 5.41) is 3.69. The zero-order chi connectivity index (χ0) is 25.9. The highest BCUT2D eigenvalue weighted by atomic mass is 35.5. The van der Waals surface area contributed by atoms with Gasteiger partial charge in [0.1, 0.15) is 6.04 Å². The van der Waals surface area contributed by atoms with Crippen LogP contribution in [-0.2, 0) is 22.6 Å². The van der Waals surface area contributed by atoms with Gasteiger partial charge in [-0.1, -0.05) is 72.6 Å². The Bertz CT molecular complexity index is 1330. The van der Waals surface area contributed by atoms with Gasteiger partial charge in [0.25, 0.3) is 5.91 Å². The van der Waals surface area contributed by atoms with Gasteiger partial charge in [0.2, 0.25) is 11.9 Å². The van der Waals surface area contributed by atoms with E-state index in [9.17, 15) is 9.59 Å². The van der Waals surface area contributed by atoms with E-state index in [0.717, 1.165) is 17.7 Å². The number of benzene rings is 3. The maximum absolute atomic E-state index is 13.5. The Balaban J connectivity index is 1.47. The first-order valence-corrected chi connectivity index (χ1v) is 12.9. The van der Waals surface area contributed by atoms with Crippen molar-refractivity contribution in [1.82, 2.24) is 9.80 Å². The minimum absolute atomic E-state index is 0.0255. The Morgan fingerprint density at radius 3 is 2.46 bits per heavy atom. The lowest BCUT2D eigenvalue weighted by Crippen LogP contribution is -2.65. The summed E-state index contributed by atoms with van der Waals surface area (Å²) in [6.45, 7) is 3.76. The molecule has 0 aromatic heterocycles. The van der Waals surface area contributed by atoms with Crippen LogP contribution in [0.25, 0.3) is 0 Å². The summed E-state index contributed by atoms with van der Waals surface area (Å²) in [4.78, 5) is 36.8. The Morgan fingerprint density at radius 2 is 1.76 bits per heavy atom. The summed E-state index contributed by atoms with van der Waals surface area (Å²) < 4.78 is 0. The second kappa shape index (κ2) is 10.9. The molecule has 0 aliphatic carbocycles. The van der Waals surface area contributed by atoms with E-state index < -0.39 is 6.04 Å². The number of aryl methyl sites for hydroxylation is 1. The Morgan fingerprint density at radius 1 is 1.00 bits per heavy atom. The quantitative estimate of drug-likeness (QED) is 0.458. The lowest BCUT2D eigenvalue weighted by Gasteiger charge is -2.48. The highest BCUT2D eigenvalue weighted by Gasteiger charge is 2.41. The summed E-state index contributed by atoms with van der Waals surface area (Å²) >= 11 is 12.3. The number of hydrogen-bond donors (Lipinski definition) is 1. The molecule has 1 fully saturated rings. The number of nitrogens with one attached hydrogen (secondary N) is 1. The Kier molecular flexibility index (Phi) is 7.46. The first-order chi connectivity index (χ1) is 17.9. The van der Waals surface area contributed by atoms with Gasteiger partial charge in [0, 0.05) is 17.3 Å². The maximum atomic E-state index is 13.5. The molecule has 1 atom stereocenters. The third-order valence-electron chi connectivity index (χ3n) is 6.56. The fraction of sp³-hybridized carbons (Fsp3) is 0.250. The van der Waals surface area contributed by atoms with Crippen LogP contribution in [0.15, 0.2) is 77.8 Å². The number of anilines is 2. The minimum atomic E-state index is -0.747. The molecule has 9 heteroatoms. The fourth-order valence-electron chi connectivity index (χ4n) is 4.63. The highest BCUT2D eigenvalue weighted by Crippen LogP contribution is 2.29. The number of fused-ring (bicyclic) bond motifs is 1. The van der Waals surface area contributed by atoms with E-state index in [1.165, 1.54) is 5.56 Å². The Labute approximate surface area is 226 Å². The summed E-state index contributed by atoms with van der Waals surface area (Å²) in [5.41, 5.74) is 3.73. The highest BCUT2D eigenvalue weighted by molar-refractivity contribution is 6.36. The summed E-state index contributed by atoms with van der Waals surface area (Å²) in [6.07, 6.45) is 0.907. The van der Waals surface area contributed by atoms with Gasteiger partial charge in [-0.25, -0.2) is 0 Å². The predicted octanol–water partition coefficient (Wildman–Crippen LogP) is 5.39. The van der Waals surface area contributed by atoms with Crippen LogP contribution in [0.2, 0.25) is 10.0 Å². The zero-order valence-corrected chi connectivity index (χ0v) is 21.9. The van der Waals surface area contributed by atoms with Crippen molar-refractivity contribution in [2.75, 3.05) is 23.6 Å². The van der Waals surface area contributed by atoms with Gasteiger partial charge < -0.3 is 10.2 Å². The van der Waals surface area contributed by atoms with Gasteiger partial charge in [-0.3, -0.25) is 19.4 Å². The molecule has 1 saturated heterocycles. The standard InChI is InChI=1S/C28H27Cl2N5O2/c1-2-19-8-11-22(12-9-19)34-17-33(16-20-6-4-3-5-7-20)18-35-25(15-26(36)32-28(34)35)27(37)31-24-13-10-21(29)14-23(24)30/h3-14,25H,2,15-18H2,1H3,(H,31,37). The van der Waals surface area contributed by atoms with Crippen molar-refractivity contribution in [2.24, 2.45) is 4.99 Å². The van der Waals surface area contributed by atoms with Crippen molar-refractivity contribution in [1.29, 1.82) is 0 Å². The number of hydrogen-bond acceptors (Lipinski definition) is 5. The molecule has 3 aromatic rings. The number of guanidine groups is 1. The van der Waals surface area contributed by atoms with Crippen molar-refractivity contribution in [3.8, 4) is 0 Å². The molecule has 7 nitrogen and oxygen atoms in total. The van der Waals surface area contributed by atoms with Gasteiger partial charge in [-0.2, -0.15) is 4.99 Å². The summed E-state index contributed by atoms with van der Waals surface area (Å²) in [5.74, 6) is -0.180. The Hall–Kier alpha value is -3.39. The van der Waals surface area contributed by atoms with Crippen LogP contribution in [0.5, 0.6) is 0 Å². The minimum Gasteiger partial charge on any atom is -0.323 e. The average Bonchev–Trinajstić information content (AvgIpc) is 2.90. The molecule has 190 valence electrons. The second-order valence-electron chi connectivity index (χ2n) is 9.15. The molecule has 0 spiro atoms. The second-order valence-corrected chi connectivity index (χ2v) is 10.00. The number of halogens is 2. The number of amides is 2. The maximum Gasteiger partial charge on any atom is 0.251 e. The lowest BCUT2D eigenvalue weighted by atomic mass is 10.1. The van der Waals surface area contributed by atoms with Crippen LogP contribution in [0.4, 0.5) is 11.4 Å². The fourth-order valence-corrected chi connectivity index (χ4v) is 5.08. The number of nitrogens with zero attached hydrogens (tertiary/aromatic N) is 4. The van der Waals surface area contributed by atoms with Crippen LogP contribution >= 0.6 is 23.2 Å². The number of aliphatic imine (C=N–C) groups is 1. The molecule has 0 saturated carbocycles. The van der Waals surface area contributed by atoms with Crippen molar-refractivity contribution in [2.45, 2.75) is 32.4 Å². The van der Waals surface area contributed by atoms with Crippen molar-refractivity contribution in [3.05, 3.63) is 94.0 Å². The van der Waals surface area contributed by atoms with E-state index in [-0.39, 0.29) is 18.2 Å². The molecule has 0 bridgehead atoms. The van der Waals surface area contributed by atoms with Crippen molar-refractivity contribution < 1.29 is 9.59 Å². The molecule has 37 heavy (non-hydrogen) atoms. The third-order valence-corrected chi connectivity index (χ3v) is 7.11. The molecular weight excluding hydrogens is 509 g/mol. The first-order valence-electron chi connectivity index (χ1n) is 12.2. The SMILES string of the molecule is CCc1ccc(N2CN(Cc3ccccc3)CN3C2=NC(=O)CC3C(=O)Nc2ccc(Cl)cc2Cl)cc1. The first kappa shape index (κ1) is 25.3. The molecule has 2 aliphatic heterocycles. The topological polar surface area (TPSA) is 68.2 Å². The molecule has 1 unspecified atom stereocenters. The van der Waals surface area contributed by atoms with Crippen molar-refractivity contribution in [3.63, 3.8) is 0 Å². The van der Waals surface area contributed by atoms with E-state index in [2.05, 4.69) is 46.4 Å². The zero-order valence-electron chi connectivity index (χ0n) is 20.4. The molecule has 2 heterocycles. The van der Waals surface area contributed by atoms with Gasteiger partial charge in [0.15, 0.2) is 0 Å². The van der Waals surface area contributed by atoms with Gasteiger partial charge in [-0.15, -0.1) is 0 Å². The summed E-state index contributed by atoms with van der Waals surface area (Å²) in [6, 6.07) is 22.5. The smallest absolute Gasteiger partial charge is 0.251 e.